The summed E-state index contributed by atoms with van der Waals surface area (Å²) < 4.78 is 1.08. The van der Waals surface area contributed by atoms with Gasteiger partial charge in [0.15, 0.2) is 0 Å². The van der Waals surface area contributed by atoms with Crippen LogP contribution in [0.15, 0.2) is 40.9 Å². The van der Waals surface area contributed by atoms with Crippen LogP contribution in [0.2, 0.25) is 0 Å². The fraction of sp³-hybridized carbons (Fsp3) is 0.333. The summed E-state index contributed by atoms with van der Waals surface area (Å²) in [4.78, 5) is 28.4. The number of fused-ring (bicyclic) bond motifs is 1. The monoisotopic (exact) mass is 429 g/mol. The van der Waals surface area contributed by atoms with Gasteiger partial charge >= 0.3 is 0 Å². The molecule has 142 valence electrons. The van der Waals surface area contributed by atoms with Crippen LogP contribution in [0.1, 0.15) is 27.9 Å². The summed E-state index contributed by atoms with van der Waals surface area (Å²) in [6.45, 7) is 3.24. The van der Waals surface area contributed by atoms with Gasteiger partial charge in [-0.3, -0.25) is 9.59 Å². The highest BCUT2D eigenvalue weighted by molar-refractivity contribution is 9.10. The van der Waals surface area contributed by atoms with E-state index in [0.717, 1.165) is 29.5 Å². The Hall–Kier alpha value is -2.34. The average Bonchev–Trinajstić information content (AvgIpc) is 2.60. The molecule has 2 amide bonds. The summed E-state index contributed by atoms with van der Waals surface area (Å²) in [5.41, 5.74) is 4.81. The fourth-order valence-electron chi connectivity index (χ4n) is 3.54. The lowest BCUT2D eigenvalue weighted by atomic mass is 9.98. The lowest BCUT2D eigenvalue weighted by Crippen LogP contribution is -2.37. The number of rotatable bonds is 4. The summed E-state index contributed by atoms with van der Waals surface area (Å²) in [5.74, 6) is -0.170. The quantitative estimate of drug-likeness (QED) is 0.802. The number of carbonyl (C=O) groups is 2. The Morgan fingerprint density at radius 1 is 1.22 bits per heavy atom. The Labute approximate surface area is 168 Å². The first-order valence-electron chi connectivity index (χ1n) is 9.00. The van der Waals surface area contributed by atoms with Crippen LogP contribution in [0, 0.1) is 6.92 Å². The Morgan fingerprint density at radius 2 is 2.00 bits per heavy atom. The molecule has 27 heavy (non-hydrogen) atoms. The summed E-state index contributed by atoms with van der Waals surface area (Å²) in [6, 6.07) is 11.3. The molecule has 1 N–H and O–H groups in total. The van der Waals surface area contributed by atoms with Gasteiger partial charge < -0.3 is 15.1 Å². The van der Waals surface area contributed by atoms with Crippen LogP contribution in [0.3, 0.4) is 0 Å². The Balaban J connectivity index is 1.73. The van der Waals surface area contributed by atoms with Gasteiger partial charge in [-0.15, -0.1) is 0 Å². The number of nitrogens with one attached hydrogen (secondary N) is 1. The van der Waals surface area contributed by atoms with E-state index in [2.05, 4.69) is 45.2 Å². The molecule has 0 unspecified atom stereocenters. The number of benzene rings is 2. The van der Waals surface area contributed by atoms with Gasteiger partial charge in [-0.1, -0.05) is 22.0 Å². The molecular formula is C21H24BrN3O2. The summed E-state index contributed by atoms with van der Waals surface area (Å²) in [7, 11) is 3.42. The predicted octanol–water partition coefficient (Wildman–Crippen LogP) is 3.85. The number of carbonyl (C=O) groups excluding carboxylic acids is 2. The van der Waals surface area contributed by atoms with Crippen molar-refractivity contribution in [1.29, 1.82) is 0 Å². The third-order valence-corrected chi connectivity index (χ3v) is 5.13. The van der Waals surface area contributed by atoms with E-state index in [-0.39, 0.29) is 11.8 Å². The predicted molar refractivity (Wildman–Crippen MR) is 113 cm³/mol. The lowest BCUT2D eigenvalue weighted by molar-refractivity contribution is -0.115. The van der Waals surface area contributed by atoms with Gasteiger partial charge in [0.05, 0.1) is 6.54 Å². The molecule has 5 nitrogen and oxygen atoms in total. The second-order valence-corrected chi connectivity index (χ2v) is 8.00. The molecule has 6 heteroatoms. The summed E-state index contributed by atoms with van der Waals surface area (Å²) in [6.07, 6.45) is 2.06. The van der Waals surface area contributed by atoms with Crippen LogP contribution in [0.25, 0.3) is 0 Å². The first kappa shape index (κ1) is 19.4. The van der Waals surface area contributed by atoms with Crippen molar-refractivity contribution in [2.45, 2.75) is 19.8 Å². The Kier molecular flexibility index (Phi) is 5.85. The third kappa shape index (κ3) is 4.50. The SMILES string of the molecule is Cc1cc(Br)cc2c1N(CC(=O)Nc1cccc(C(=O)N(C)C)c1)CCC2. The van der Waals surface area contributed by atoms with Crippen molar-refractivity contribution in [3.63, 3.8) is 0 Å². The van der Waals surface area contributed by atoms with Gasteiger partial charge in [0, 0.05) is 42.1 Å². The lowest BCUT2D eigenvalue weighted by Gasteiger charge is -2.32. The van der Waals surface area contributed by atoms with Crippen LogP contribution in [-0.4, -0.2) is 43.9 Å². The van der Waals surface area contributed by atoms with E-state index in [1.807, 2.05) is 0 Å². The number of hydrogen-bond acceptors (Lipinski definition) is 3. The highest BCUT2D eigenvalue weighted by Gasteiger charge is 2.21. The van der Waals surface area contributed by atoms with E-state index in [0.29, 0.717) is 17.8 Å². The average molecular weight is 430 g/mol. The molecule has 0 saturated carbocycles. The second kappa shape index (κ2) is 8.13. The standard InChI is InChI=1S/C21H24BrN3O2/c1-14-10-17(22)11-15-7-5-9-25(20(14)15)13-19(26)23-18-8-4-6-16(12-18)21(27)24(2)3/h4,6,8,10-12H,5,7,9,13H2,1-3H3,(H,23,26). The van der Waals surface area contributed by atoms with Crippen LogP contribution in [-0.2, 0) is 11.2 Å². The zero-order chi connectivity index (χ0) is 19.6. The van der Waals surface area contributed by atoms with Crippen molar-refractivity contribution in [1.82, 2.24) is 4.90 Å². The normalized spacial score (nSPS) is 13.1. The van der Waals surface area contributed by atoms with Gasteiger partial charge in [0.2, 0.25) is 5.91 Å². The number of aryl methyl sites for hydroxylation is 2. The Morgan fingerprint density at radius 3 is 2.74 bits per heavy atom. The maximum Gasteiger partial charge on any atom is 0.253 e. The van der Waals surface area contributed by atoms with E-state index in [4.69, 9.17) is 0 Å². The molecule has 0 aliphatic carbocycles. The van der Waals surface area contributed by atoms with E-state index in [9.17, 15) is 9.59 Å². The first-order chi connectivity index (χ1) is 12.8. The number of halogens is 1. The van der Waals surface area contributed by atoms with Crippen LogP contribution >= 0.6 is 15.9 Å². The maximum absolute atomic E-state index is 12.6. The molecular weight excluding hydrogens is 406 g/mol. The van der Waals surface area contributed by atoms with Crippen molar-refractivity contribution in [3.8, 4) is 0 Å². The zero-order valence-corrected chi connectivity index (χ0v) is 17.5. The molecule has 2 aromatic carbocycles. The van der Waals surface area contributed by atoms with E-state index in [1.165, 1.54) is 16.0 Å². The fourth-order valence-corrected chi connectivity index (χ4v) is 4.16. The van der Waals surface area contributed by atoms with E-state index in [1.54, 1.807) is 38.4 Å². The molecule has 1 heterocycles. The molecule has 0 bridgehead atoms. The number of hydrogen-bond donors (Lipinski definition) is 1. The number of nitrogens with zero attached hydrogens (tertiary/aromatic N) is 2. The smallest absolute Gasteiger partial charge is 0.253 e. The molecule has 0 aromatic heterocycles. The molecule has 0 fully saturated rings. The minimum atomic E-state index is -0.0859. The molecule has 0 radical (unpaired) electrons. The molecule has 1 aliphatic heterocycles. The van der Waals surface area contributed by atoms with Crippen molar-refractivity contribution >= 4 is 39.1 Å². The van der Waals surface area contributed by atoms with Crippen molar-refractivity contribution in [2.75, 3.05) is 37.4 Å². The minimum absolute atomic E-state index is 0.0837. The van der Waals surface area contributed by atoms with Gasteiger partial charge in [-0.25, -0.2) is 0 Å². The highest BCUT2D eigenvalue weighted by Crippen LogP contribution is 2.33. The molecule has 0 spiro atoms. The van der Waals surface area contributed by atoms with Gasteiger partial charge in [0.1, 0.15) is 0 Å². The zero-order valence-electron chi connectivity index (χ0n) is 15.9. The van der Waals surface area contributed by atoms with Gasteiger partial charge in [-0.2, -0.15) is 0 Å². The maximum atomic E-state index is 12.6. The number of anilines is 2. The van der Waals surface area contributed by atoms with Crippen LogP contribution in [0.5, 0.6) is 0 Å². The highest BCUT2D eigenvalue weighted by atomic mass is 79.9. The van der Waals surface area contributed by atoms with E-state index < -0.39 is 0 Å². The van der Waals surface area contributed by atoms with Crippen molar-refractivity contribution in [2.24, 2.45) is 0 Å². The van der Waals surface area contributed by atoms with Gasteiger partial charge in [-0.05, 0) is 61.2 Å². The van der Waals surface area contributed by atoms with Gasteiger partial charge in [0.25, 0.3) is 5.91 Å². The topological polar surface area (TPSA) is 52.7 Å². The van der Waals surface area contributed by atoms with Crippen molar-refractivity contribution < 1.29 is 9.59 Å². The summed E-state index contributed by atoms with van der Waals surface area (Å²) in [5, 5.41) is 2.92. The molecule has 3 rings (SSSR count). The first-order valence-corrected chi connectivity index (χ1v) is 9.80. The van der Waals surface area contributed by atoms with Crippen LogP contribution in [0.4, 0.5) is 11.4 Å². The third-order valence-electron chi connectivity index (χ3n) is 4.67. The minimum Gasteiger partial charge on any atom is -0.362 e. The Bertz CT molecular complexity index is 880. The molecule has 0 saturated heterocycles. The largest absolute Gasteiger partial charge is 0.362 e. The molecule has 2 aromatic rings. The molecule has 1 aliphatic rings. The number of amides is 2. The van der Waals surface area contributed by atoms with E-state index >= 15 is 0 Å². The second-order valence-electron chi connectivity index (χ2n) is 7.08. The molecule has 0 atom stereocenters. The van der Waals surface area contributed by atoms with Crippen molar-refractivity contribution in [3.05, 3.63) is 57.6 Å². The summed E-state index contributed by atoms with van der Waals surface area (Å²) >= 11 is 3.56. The van der Waals surface area contributed by atoms with Crippen LogP contribution < -0.4 is 10.2 Å².